The summed E-state index contributed by atoms with van der Waals surface area (Å²) in [5, 5.41) is 11.0. The van der Waals surface area contributed by atoms with Gasteiger partial charge in [-0.2, -0.15) is 10.1 Å². The molecule has 0 unspecified atom stereocenters. The molecule has 1 aromatic carbocycles. The molecule has 0 aliphatic carbocycles. The Bertz CT molecular complexity index is 879. The van der Waals surface area contributed by atoms with Crippen LogP contribution in [0.2, 0.25) is 0 Å². The van der Waals surface area contributed by atoms with Crippen LogP contribution in [0, 0.1) is 13.8 Å². The van der Waals surface area contributed by atoms with E-state index in [0.29, 0.717) is 23.0 Å². The molecule has 0 atom stereocenters. The molecule has 2 aromatic heterocycles. The zero-order valence-electron chi connectivity index (χ0n) is 14.1. The van der Waals surface area contributed by atoms with E-state index in [1.54, 1.807) is 13.1 Å². The highest BCUT2D eigenvalue weighted by molar-refractivity contribution is 6.05. The number of anilines is 1. The van der Waals surface area contributed by atoms with E-state index < -0.39 is 0 Å². The van der Waals surface area contributed by atoms with E-state index in [9.17, 15) is 4.79 Å². The van der Waals surface area contributed by atoms with Crippen LogP contribution < -0.4 is 5.32 Å². The average molecular weight is 325 g/mol. The third kappa shape index (κ3) is 3.05. The van der Waals surface area contributed by atoms with Crippen molar-refractivity contribution in [2.75, 3.05) is 5.32 Å². The maximum Gasteiger partial charge on any atom is 0.259 e. The van der Waals surface area contributed by atoms with Crippen LogP contribution in [0.1, 0.15) is 41.8 Å². The summed E-state index contributed by atoms with van der Waals surface area (Å²) in [4.78, 5) is 16.7. The van der Waals surface area contributed by atoms with E-state index in [1.165, 1.54) is 0 Å². The summed E-state index contributed by atoms with van der Waals surface area (Å²) in [6.45, 7) is 7.67. The lowest BCUT2D eigenvalue weighted by molar-refractivity contribution is 0.102. The number of nitrogens with one attached hydrogen (secondary N) is 1. The average Bonchev–Trinajstić information content (AvgIpc) is 3.13. The molecule has 24 heavy (non-hydrogen) atoms. The van der Waals surface area contributed by atoms with Crippen LogP contribution in [0.4, 0.5) is 5.69 Å². The first kappa shape index (κ1) is 15.9. The minimum absolute atomic E-state index is 0.194. The molecule has 0 bridgehead atoms. The zero-order valence-corrected chi connectivity index (χ0v) is 14.1. The van der Waals surface area contributed by atoms with E-state index in [0.717, 1.165) is 11.3 Å². The first-order valence-electron chi connectivity index (χ1n) is 7.72. The second-order valence-corrected chi connectivity index (χ2v) is 5.85. The molecular formula is C17H19N5O2. The van der Waals surface area contributed by atoms with Gasteiger partial charge in [-0.05, 0) is 32.9 Å². The van der Waals surface area contributed by atoms with Gasteiger partial charge in [0.25, 0.3) is 5.91 Å². The van der Waals surface area contributed by atoms with Gasteiger partial charge in [0.2, 0.25) is 11.7 Å². The number of nitrogens with zero attached hydrogens (tertiary/aromatic N) is 4. The van der Waals surface area contributed by atoms with Crippen molar-refractivity contribution in [2.45, 2.75) is 33.7 Å². The number of hydrogen-bond acceptors (Lipinski definition) is 5. The number of carbonyl (C=O) groups excluding carboxylic acids is 1. The fourth-order valence-corrected chi connectivity index (χ4v) is 2.52. The molecule has 7 nitrogen and oxygen atoms in total. The Morgan fingerprint density at radius 1 is 1.29 bits per heavy atom. The van der Waals surface area contributed by atoms with Gasteiger partial charge in [-0.1, -0.05) is 17.3 Å². The summed E-state index contributed by atoms with van der Waals surface area (Å²) in [5.41, 5.74) is 2.84. The third-order valence-electron chi connectivity index (χ3n) is 3.68. The lowest BCUT2D eigenvalue weighted by Crippen LogP contribution is -2.14. The van der Waals surface area contributed by atoms with Gasteiger partial charge in [0.05, 0.1) is 11.8 Å². The lowest BCUT2D eigenvalue weighted by atomic mass is 10.1. The molecule has 2 heterocycles. The Kier molecular flexibility index (Phi) is 4.16. The van der Waals surface area contributed by atoms with E-state index >= 15 is 0 Å². The summed E-state index contributed by atoms with van der Waals surface area (Å²) >= 11 is 0. The molecule has 3 aromatic rings. The van der Waals surface area contributed by atoms with Gasteiger partial charge in [-0.25, -0.2) is 0 Å². The Hall–Kier alpha value is -2.96. The molecule has 7 heteroatoms. The molecule has 0 saturated heterocycles. The van der Waals surface area contributed by atoms with Gasteiger partial charge in [0, 0.05) is 29.9 Å². The number of rotatable bonds is 4. The molecule has 0 fully saturated rings. The van der Waals surface area contributed by atoms with Crippen molar-refractivity contribution >= 4 is 11.6 Å². The van der Waals surface area contributed by atoms with Gasteiger partial charge in [0.15, 0.2) is 0 Å². The van der Waals surface area contributed by atoms with Crippen LogP contribution >= 0.6 is 0 Å². The summed E-state index contributed by atoms with van der Waals surface area (Å²) in [6.07, 6.45) is 1.59. The highest BCUT2D eigenvalue weighted by atomic mass is 16.5. The largest absolute Gasteiger partial charge is 0.339 e. The van der Waals surface area contributed by atoms with Crippen molar-refractivity contribution < 1.29 is 9.32 Å². The van der Waals surface area contributed by atoms with E-state index in [4.69, 9.17) is 4.52 Å². The van der Waals surface area contributed by atoms with Crippen LogP contribution in [0.5, 0.6) is 0 Å². The van der Waals surface area contributed by atoms with Gasteiger partial charge < -0.3 is 9.84 Å². The Morgan fingerprint density at radius 3 is 2.71 bits per heavy atom. The van der Waals surface area contributed by atoms with Crippen molar-refractivity contribution in [3.63, 3.8) is 0 Å². The van der Waals surface area contributed by atoms with Crippen molar-refractivity contribution in [1.29, 1.82) is 0 Å². The Balaban J connectivity index is 1.82. The van der Waals surface area contributed by atoms with Crippen molar-refractivity contribution in [3.8, 4) is 11.4 Å². The molecule has 0 spiro atoms. The van der Waals surface area contributed by atoms with Crippen LogP contribution in [-0.4, -0.2) is 25.8 Å². The zero-order chi connectivity index (χ0) is 17.3. The highest BCUT2D eigenvalue weighted by Crippen LogP contribution is 2.21. The van der Waals surface area contributed by atoms with Crippen LogP contribution in [0.15, 0.2) is 35.0 Å². The minimum Gasteiger partial charge on any atom is -0.339 e. The number of amides is 1. The van der Waals surface area contributed by atoms with Crippen molar-refractivity contribution in [1.82, 2.24) is 19.9 Å². The van der Waals surface area contributed by atoms with E-state index in [1.807, 2.05) is 49.7 Å². The maximum atomic E-state index is 12.5. The summed E-state index contributed by atoms with van der Waals surface area (Å²) in [7, 11) is 0. The molecule has 0 aliphatic heterocycles. The smallest absolute Gasteiger partial charge is 0.259 e. The van der Waals surface area contributed by atoms with Crippen LogP contribution in [-0.2, 0) is 0 Å². The third-order valence-corrected chi connectivity index (χ3v) is 3.68. The first-order chi connectivity index (χ1) is 11.5. The molecule has 0 aliphatic rings. The van der Waals surface area contributed by atoms with Crippen molar-refractivity contribution in [2.24, 2.45) is 0 Å². The standard InChI is InChI=1S/C17H19N5O2/c1-10(2)22-11(3)15(9-18-22)17(23)20-14-7-5-6-13(8-14)16-19-12(4)24-21-16/h5-10H,1-4H3,(H,20,23). The van der Waals surface area contributed by atoms with E-state index in [2.05, 4.69) is 20.6 Å². The van der Waals surface area contributed by atoms with Gasteiger partial charge in [0.1, 0.15) is 0 Å². The Labute approximate surface area is 139 Å². The lowest BCUT2D eigenvalue weighted by Gasteiger charge is -2.09. The number of aromatic nitrogens is 4. The molecule has 1 N–H and O–H groups in total. The van der Waals surface area contributed by atoms with Gasteiger partial charge in [-0.15, -0.1) is 0 Å². The highest BCUT2D eigenvalue weighted by Gasteiger charge is 2.16. The number of benzene rings is 1. The second-order valence-electron chi connectivity index (χ2n) is 5.85. The summed E-state index contributed by atoms with van der Waals surface area (Å²) in [6, 6.07) is 7.53. The van der Waals surface area contributed by atoms with Crippen LogP contribution in [0.25, 0.3) is 11.4 Å². The molecule has 1 amide bonds. The predicted molar refractivity (Wildman–Crippen MR) is 89.8 cm³/mol. The number of carbonyl (C=O) groups is 1. The van der Waals surface area contributed by atoms with Gasteiger partial charge in [-0.3, -0.25) is 9.48 Å². The molecule has 0 saturated carbocycles. The predicted octanol–water partition coefficient (Wildman–Crippen LogP) is 3.38. The van der Waals surface area contributed by atoms with Crippen LogP contribution in [0.3, 0.4) is 0 Å². The number of aryl methyl sites for hydroxylation is 1. The van der Waals surface area contributed by atoms with Crippen molar-refractivity contribution in [3.05, 3.63) is 47.6 Å². The fourth-order valence-electron chi connectivity index (χ4n) is 2.52. The molecule has 3 rings (SSSR count). The second kappa shape index (κ2) is 6.27. The summed E-state index contributed by atoms with van der Waals surface area (Å²) < 4.78 is 6.82. The minimum atomic E-state index is -0.194. The maximum absolute atomic E-state index is 12.5. The Morgan fingerprint density at radius 2 is 2.08 bits per heavy atom. The molecule has 124 valence electrons. The number of hydrogen-bond donors (Lipinski definition) is 1. The normalized spacial score (nSPS) is 11.0. The quantitative estimate of drug-likeness (QED) is 0.794. The first-order valence-corrected chi connectivity index (χ1v) is 7.72. The van der Waals surface area contributed by atoms with E-state index in [-0.39, 0.29) is 11.9 Å². The molecular weight excluding hydrogens is 306 g/mol. The van der Waals surface area contributed by atoms with Gasteiger partial charge >= 0.3 is 0 Å². The molecule has 0 radical (unpaired) electrons. The SMILES string of the molecule is Cc1nc(-c2cccc(NC(=O)c3cnn(C(C)C)c3C)c2)no1. The summed E-state index contributed by atoms with van der Waals surface area (Å²) in [5.74, 6) is 0.796. The monoisotopic (exact) mass is 325 g/mol. The topological polar surface area (TPSA) is 85.8 Å². The fraction of sp³-hybridized carbons (Fsp3) is 0.294.